The van der Waals surface area contributed by atoms with Crippen molar-refractivity contribution in [3.63, 3.8) is 0 Å². The molecular weight excluding hydrogens is 432 g/mol. The van der Waals surface area contributed by atoms with Gasteiger partial charge < -0.3 is 24.7 Å². The molecule has 12 heteroatoms. The van der Waals surface area contributed by atoms with Crippen LogP contribution < -0.4 is 0 Å². The first-order valence-electron chi connectivity index (χ1n) is 7.50. The minimum atomic E-state index is -5.05. The number of phenols is 1. The van der Waals surface area contributed by atoms with Gasteiger partial charge in [0.05, 0.1) is 0 Å². The van der Waals surface area contributed by atoms with Crippen molar-refractivity contribution in [1.29, 1.82) is 0 Å². The molecule has 7 nitrogen and oxygen atoms in total. The predicted molar refractivity (Wildman–Crippen MR) is 114 cm³/mol. The second-order valence-electron chi connectivity index (χ2n) is 7.99. The maximum absolute atomic E-state index is 11.5. The molecule has 1 aromatic rings. The molecule has 0 unspecified atom stereocenters. The summed E-state index contributed by atoms with van der Waals surface area (Å²) in [6, 6.07) is 3.04. The van der Waals surface area contributed by atoms with Gasteiger partial charge in [-0.05, 0) is 23.0 Å². The van der Waals surface area contributed by atoms with E-state index >= 15 is 0 Å². The van der Waals surface area contributed by atoms with Gasteiger partial charge in [-0.15, -0.1) is 0 Å². The Morgan fingerprint density at radius 2 is 1.11 bits per heavy atom. The summed E-state index contributed by atoms with van der Waals surface area (Å²) in [5.74, 6) is 0.0771. The van der Waals surface area contributed by atoms with Crippen LogP contribution in [0.2, 0.25) is 0 Å². The van der Waals surface area contributed by atoms with Crippen LogP contribution in [0.5, 0.6) is 5.75 Å². The fourth-order valence-electron chi connectivity index (χ4n) is 2.27. The normalized spacial score (nSPS) is 13.1. The fourth-order valence-corrected chi connectivity index (χ4v) is 6.29. The quantitative estimate of drug-likeness (QED) is 0.263. The molecule has 5 N–H and O–H groups in total. The molecule has 1 aromatic carbocycles. The Labute approximate surface area is 209 Å². The van der Waals surface area contributed by atoms with Crippen LogP contribution in [-0.4, -0.2) is 88.5 Å². The fraction of sp³-hybridized carbons (Fsp3) is 0.600. The molecule has 1 rings (SSSR count). The molecule has 0 heterocycles. The SMILES string of the molecule is CC(C)(C)c1cc(SC(P(=O)(O)O)P(=O)(O)O)cc(C(C)(C)C)c1O.[NaH].[NaH]. The molecule has 0 fully saturated rings. The second kappa shape index (κ2) is 10.3. The van der Waals surface area contributed by atoms with Crippen molar-refractivity contribution in [2.24, 2.45) is 0 Å². The zero-order valence-corrected chi connectivity index (χ0v) is 17.7. The van der Waals surface area contributed by atoms with E-state index in [9.17, 15) is 33.8 Å². The topological polar surface area (TPSA) is 135 Å². The summed E-state index contributed by atoms with van der Waals surface area (Å²) >= 11 is 0.435. The van der Waals surface area contributed by atoms with E-state index in [1.807, 2.05) is 41.5 Å². The van der Waals surface area contributed by atoms with Crippen LogP contribution in [0, 0.1) is 0 Å². The monoisotopic (exact) mass is 460 g/mol. The first-order valence-corrected chi connectivity index (χ1v) is 11.7. The van der Waals surface area contributed by atoms with Crippen LogP contribution in [0.25, 0.3) is 0 Å². The van der Waals surface area contributed by atoms with Crippen molar-refractivity contribution < 1.29 is 33.8 Å². The summed E-state index contributed by atoms with van der Waals surface area (Å²) < 4.78 is 20.9. The van der Waals surface area contributed by atoms with Gasteiger partial charge in [-0.25, -0.2) is 0 Å². The van der Waals surface area contributed by atoms with E-state index < -0.39 is 30.8 Å². The van der Waals surface area contributed by atoms with Gasteiger partial charge in [-0.1, -0.05) is 53.3 Å². The molecule has 0 aliphatic rings. The van der Waals surface area contributed by atoms with Crippen LogP contribution in [0.3, 0.4) is 0 Å². The van der Waals surface area contributed by atoms with E-state index in [0.29, 0.717) is 22.9 Å². The molecule has 0 bridgehead atoms. The van der Waals surface area contributed by atoms with Crippen LogP contribution in [0.1, 0.15) is 52.7 Å². The number of phenolic OH excluding ortho intramolecular Hbond substituents is 1. The third-order valence-electron chi connectivity index (χ3n) is 3.52. The van der Waals surface area contributed by atoms with Crippen molar-refractivity contribution in [3.05, 3.63) is 23.3 Å². The van der Waals surface area contributed by atoms with Gasteiger partial charge in [0.1, 0.15) is 5.75 Å². The van der Waals surface area contributed by atoms with Crippen LogP contribution in [0.15, 0.2) is 17.0 Å². The maximum atomic E-state index is 11.5. The van der Waals surface area contributed by atoms with Gasteiger partial charge in [0.2, 0.25) is 4.73 Å². The van der Waals surface area contributed by atoms with Crippen molar-refractivity contribution in [1.82, 2.24) is 0 Å². The number of hydrogen-bond acceptors (Lipinski definition) is 4. The zero-order chi connectivity index (χ0) is 20.0. The molecule has 0 radical (unpaired) electrons. The molecule has 0 amide bonds. The predicted octanol–water partition coefficient (Wildman–Crippen LogP) is 2.42. The Balaban J connectivity index is 0. The Hall–Kier alpha value is 1.67. The molecule has 0 aliphatic heterocycles. The van der Waals surface area contributed by atoms with E-state index in [0.717, 1.165) is 0 Å². The van der Waals surface area contributed by atoms with Crippen molar-refractivity contribution in [3.8, 4) is 5.75 Å². The Morgan fingerprint density at radius 1 is 0.815 bits per heavy atom. The number of aromatic hydroxyl groups is 1. The summed E-state index contributed by atoms with van der Waals surface area (Å²) in [7, 11) is -10.1. The first-order chi connectivity index (χ1) is 10.8. The summed E-state index contributed by atoms with van der Waals surface area (Å²) in [4.78, 5) is 37.6. The average Bonchev–Trinajstić information content (AvgIpc) is 2.31. The second-order valence-corrected chi connectivity index (χ2v) is 13.7. The molecule has 27 heavy (non-hydrogen) atoms. The van der Waals surface area contributed by atoms with Crippen molar-refractivity contribution in [2.75, 3.05) is 0 Å². The molecule has 0 aliphatic carbocycles. The van der Waals surface area contributed by atoms with Gasteiger partial charge in [-0.2, -0.15) is 0 Å². The zero-order valence-electron chi connectivity index (χ0n) is 15.1. The van der Waals surface area contributed by atoms with Gasteiger partial charge in [-0.3, -0.25) is 9.13 Å². The van der Waals surface area contributed by atoms with E-state index in [1.165, 1.54) is 12.1 Å². The van der Waals surface area contributed by atoms with Gasteiger partial charge in [0.15, 0.2) is 0 Å². The van der Waals surface area contributed by atoms with Crippen molar-refractivity contribution in [2.45, 2.75) is 62.0 Å². The number of benzene rings is 1. The summed E-state index contributed by atoms with van der Waals surface area (Å²) in [6.07, 6.45) is 0. The third kappa shape index (κ3) is 8.74. The van der Waals surface area contributed by atoms with E-state index in [1.54, 1.807) is 0 Å². The van der Waals surface area contributed by atoms with Crippen LogP contribution >= 0.6 is 27.0 Å². The standard InChI is InChI=1S/C15H26O7P2S.2Na.2H/c1-14(2,3)10-7-9(8-11(12(10)16)15(4,5)6)25-13(23(17,18)19)24(20,21)22;;;;/h7-8,13,16H,1-6H3,(H2,17,18,19)(H2,20,21,22);;;;. The number of rotatable bonds is 4. The third-order valence-corrected chi connectivity index (χ3v) is 9.47. The molecule has 148 valence electrons. The molecule has 0 saturated heterocycles. The molecule has 0 spiro atoms. The number of hydrogen-bond donors (Lipinski definition) is 5. The molecule has 0 aromatic heterocycles. The van der Waals surface area contributed by atoms with Gasteiger partial charge >= 0.3 is 74.3 Å². The minimum absolute atomic E-state index is 0. The Morgan fingerprint density at radius 3 is 1.33 bits per heavy atom. The average molecular weight is 460 g/mol. The molecule has 0 saturated carbocycles. The van der Waals surface area contributed by atoms with E-state index in [2.05, 4.69) is 0 Å². The van der Waals surface area contributed by atoms with Crippen molar-refractivity contribution >= 4 is 86.1 Å². The Kier molecular flexibility index (Phi) is 11.8. The van der Waals surface area contributed by atoms with Crippen LogP contribution in [0.4, 0.5) is 0 Å². The van der Waals surface area contributed by atoms with Gasteiger partial charge in [0.25, 0.3) is 0 Å². The van der Waals surface area contributed by atoms with E-state index in [4.69, 9.17) is 0 Å². The summed E-state index contributed by atoms with van der Waals surface area (Å²) in [5, 5.41) is 10.6. The summed E-state index contributed by atoms with van der Waals surface area (Å²) in [5.41, 5.74) is 0.135. The Bertz CT molecular complexity index is 691. The molecule has 0 atom stereocenters. The summed E-state index contributed by atoms with van der Waals surface area (Å²) in [6.45, 7) is 11.2. The molecular formula is C15H28Na2O7P2S. The van der Waals surface area contributed by atoms with Crippen LogP contribution in [-0.2, 0) is 20.0 Å². The van der Waals surface area contributed by atoms with E-state index in [-0.39, 0.29) is 69.8 Å². The van der Waals surface area contributed by atoms with Gasteiger partial charge in [0, 0.05) is 16.0 Å². The first kappa shape index (κ1) is 30.9. The number of thioether (sulfide) groups is 1.